The smallest absolute Gasteiger partial charge is 0.220 e. The van der Waals surface area contributed by atoms with Gasteiger partial charge < -0.3 is 5.32 Å². The van der Waals surface area contributed by atoms with Crippen LogP contribution in [0.25, 0.3) is 10.8 Å². The molecule has 2 aromatic rings. The summed E-state index contributed by atoms with van der Waals surface area (Å²) >= 11 is 1.72. The molecule has 1 aromatic heterocycles. The molecule has 1 fully saturated rings. The number of carbonyl (C=O) groups excluding carboxylic acids is 1. The Labute approximate surface area is 110 Å². The monoisotopic (exact) mass is 258 g/mol. The maximum absolute atomic E-state index is 11.1. The van der Waals surface area contributed by atoms with E-state index in [9.17, 15) is 4.79 Å². The maximum atomic E-state index is 11.1. The molecule has 1 aromatic carbocycles. The lowest BCUT2D eigenvalue weighted by Crippen LogP contribution is -2.27. The van der Waals surface area contributed by atoms with Crippen molar-refractivity contribution in [3.05, 3.63) is 36.5 Å². The minimum atomic E-state index is 0.173. The lowest BCUT2D eigenvalue weighted by atomic mass is 10.2. The zero-order valence-corrected chi connectivity index (χ0v) is 10.7. The highest BCUT2D eigenvalue weighted by Crippen LogP contribution is 2.27. The molecule has 0 aliphatic carbocycles. The number of carbonyl (C=O) groups is 1. The average Bonchev–Trinajstić information content (AvgIpc) is 2.82. The molecule has 1 aliphatic rings. The highest BCUT2D eigenvalue weighted by atomic mass is 32.2. The van der Waals surface area contributed by atoms with Crippen LogP contribution in [-0.4, -0.2) is 22.7 Å². The van der Waals surface area contributed by atoms with Gasteiger partial charge in [0, 0.05) is 29.8 Å². The van der Waals surface area contributed by atoms with E-state index in [4.69, 9.17) is 0 Å². The average molecular weight is 258 g/mol. The van der Waals surface area contributed by atoms with Crippen molar-refractivity contribution in [1.82, 2.24) is 10.3 Å². The van der Waals surface area contributed by atoms with Crippen molar-refractivity contribution in [2.24, 2.45) is 0 Å². The largest absolute Gasteiger partial charge is 0.353 e. The second-order valence-electron chi connectivity index (χ2n) is 4.45. The van der Waals surface area contributed by atoms with E-state index in [1.807, 2.05) is 24.4 Å². The Morgan fingerprint density at radius 1 is 1.33 bits per heavy atom. The van der Waals surface area contributed by atoms with Gasteiger partial charge in [0.1, 0.15) is 5.03 Å². The number of pyridine rings is 1. The van der Waals surface area contributed by atoms with Gasteiger partial charge >= 0.3 is 0 Å². The van der Waals surface area contributed by atoms with Crippen molar-refractivity contribution in [2.45, 2.75) is 23.9 Å². The number of hydrogen-bond donors (Lipinski definition) is 1. The second kappa shape index (κ2) is 4.98. The molecule has 0 radical (unpaired) electrons. The zero-order valence-electron chi connectivity index (χ0n) is 9.93. The Bertz CT molecular complexity index is 580. The van der Waals surface area contributed by atoms with Crippen LogP contribution < -0.4 is 5.32 Å². The van der Waals surface area contributed by atoms with E-state index in [0.717, 1.165) is 17.2 Å². The Morgan fingerprint density at radius 3 is 3.06 bits per heavy atom. The second-order valence-corrected chi connectivity index (χ2v) is 5.46. The first-order chi connectivity index (χ1) is 8.83. The predicted octanol–water partition coefficient (Wildman–Crippen LogP) is 2.61. The number of amides is 1. The molecule has 0 bridgehead atoms. The first-order valence-electron chi connectivity index (χ1n) is 6.09. The van der Waals surface area contributed by atoms with Crippen molar-refractivity contribution in [1.29, 1.82) is 0 Å². The predicted molar refractivity (Wildman–Crippen MR) is 73.6 cm³/mol. The van der Waals surface area contributed by atoms with E-state index in [-0.39, 0.29) is 5.91 Å². The number of nitrogens with one attached hydrogen (secondary N) is 1. The van der Waals surface area contributed by atoms with E-state index >= 15 is 0 Å². The van der Waals surface area contributed by atoms with Crippen LogP contribution in [0.5, 0.6) is 0 Å². The lowest BCUT2D eigenvalue weighted by molar-refractivity contribution is -0.119. The van der Waals surface area contributed by atoms with Crippen LogP contribution in [-0.2, 0) is 4.79 Å². The molecule has 1 aliphatic heterocycles. The molecule has 1 unspecified atom stereocenters. The summed E-state index contributed by atoms with van der Waals surface area (Å²) in [6.45, 7) is 0. The maximum Gasteiger partial charge on any atom is 0.220 e. The Morgan fingerprint density at radius 2 is 2.22 bits per heavy atom. The van der Waals surface area contributed by atoms with Gasteiger partial charge in [-0.05, 0) is 17.9 Å². The molecule has 18 heavy (non-hydrogen) atoms. The quantitative estimate of drug-likeness (QED) is 0.860. The fourth-order valence-electron chi connectivity index (χ4n) is 2.19. The van der Waals surface area contributed by atoms with Crippen LogP contribution in [0.15, 0.2) is 41.6 Å². The van der Waals surface area contributed by atoms with Gasteiger partial charge in [0.2, 0.25) is 5.91 Å². The lowest BCUT2D eigenvalue weighted by Gasteiger charge is -2.10. The molecule has 4 heteroatoms. The summed E-state index contributed by atoms with van der Waals surface area (Å²) in [5.41, 5.74) is 0. The Balaban J connectivity index is 1.76. The van der Waals surface area contributed by atoms with Crippen molar-refractivity contribution >= 4 is 28.4 Å². The van der Waals surface area contributed by atoms with E-state index < -0.39 is 0 Å². The normalized spacial score (nSPS) is 19.1. The van der Waals surface area contributed by atoms with Crippen molar-refractivity contribution in [3.63, 3.8) is 0 Å². The third-order valence-electron chi connectivity index (χ3n) is 3.14. The van der Waals surface area contributed by atoms with Gasteiger partial charge in [-0.2, -0.15) is 0 Å². The molecule has 2 heterocycles. The highest BCUT2D eigenvalue weighted by Gasteiger charge is 2.20. The first kappa shape index (κ1) is 11.5. The highest BCUT2D eigenvalue weighted by molar-refractivity contribution is 7.99. The first-order valence-corrected chi connectivity index (χ1v) is 7.07. The summed E-state index contributed by atoms with van der Waals surface area (Å²) in [5, 5.41) is 6.44. The summed E-state index contributed by atoms with van der Waals surface area (Å²) in [6.07, 6.45) is 3.45. The van der Waals surface area contributed by atoms with Crippen LogP contribution >= 0.6 is 11.8 Å². The van der Waals surface area contributed by atoms with Crippen molar-refractivity contribution in [3.8, 4) is 0 Å². The summed E-state index contributed by atoms with van der Waals surface area (Å²) < 4.78 is 0. The van der Waals surface area contributed by atoms with Crippen LogP contribution in [0.4, 0.5) is 0 Å². The van der Waals surface area contributed by atoms with Gasteiger partial charge in [-0.15, -0.1) is 11.8 Å². The number of aromatic nitrogens is 1. The van der Waals surface area contributed by atoms with E-state index in [2.05, 4.69) is 22.4 Å². The van der Waals surface area contributed by atoms with Crippen molar-refractivity contribution < 1.29 is 4.79 Å². The van der Waals surface area contributed by atoms with Gasteiger partial charge in [-0.25, -0.2) is 4.98 Å². The SMILES string of the molecule is O=C1CCC(CSc2nccc3ccccc23)N1. The fourth-order valence-corrected chi connectivity index (χ4v) is 3.27. The number of nitrogens with zero attached hydrogens (tertiary/aromatic N) is 1. The van der Waals surface area contributed by atoms with Crippen molar-refractivity contribution in [2.75, 3.05) is 5.75 Å². The third-order valence-corrected chi connectivity index (χ3v) is 4.31. The zero-order chi connectivity index (χ0) is 12.4. The number of thioether (sulfide) groups is 1. The molecule has 3 rings (SSSR count). The summed E-state index contributed by atoms with van der Waals surface area (Å²) in [5.74, 6) is 1.07. The minimum Gasteiger partial charge on any atom is -0.353 e. The van der Waals surface area contributed by atoms with Gasteiger partial charge in [-0.3, -0.25) is 4.79 Å². The van der Waals surface area contributed by atoms with Gasteiger partial charge in [-0.1, -0.05) is 24.3 Å². The van der Waals surface area contributed by atoms with E-state index in [1.54, 1.807) is 11.8 Å². The van der Waals surface area contributed by atoms with Gasteiger partial charge in [0.05, 0.1) is 0 Å². The summed E-state index contributed by atoms with van der Waals surface area (Å²) in [7, 11) is 0. The topological polar surface area (TPSA) is 42.0 Å². The fraction of sp³-hybridized carbons (Fsp3) is 0.286. The summed E-state index contributed by atoms with van der Waals surface area (Å²) in [4.78, 5) is 15.6. The molecule has 1 atom stereocenters. The van der Waals surface area contributed by atoms with Gasteiger partial charge in [0.15, 0.2) is 0 Å². The van der Waals surface area contributed by atoms with Crippen LogP contribution in [0, 0.1) is 0 Å². The van der Waals surface area contributed by atoms with E-state index in [0.29, 0.717) is 12.5 Å². The number of fused-ring (bicyclic) bond motifs is 1. The number of hydrogen-bond acceptors (Lipinski definition) is 3. The molecule has 1 saturated heterocycles. The minimum absolute atomic E-state index is 0.173. The number of rotatable bonds is 3. The molecule has 0 spiro atoms. The molecule has 1 N–H and O–H groups in total. The molecule has 1 amide bonds. The third kappa shape index (κ3) is 2.34. The Kier molecular flexibility index (Phi) is 3.19. The van der Waals surface area contributed by atoms with Crippen LogP contribution in [0.3, 0.4) is 0 Å². The molecule has 0 saturated carbocycles. The molecule has 92 valence electrons. The Hall–Kier alpha value is -1.55. The van der Waals surface area contributed by atoms with Gasteiger partial charge in [0.25, 0.3) is 0 Å². The van der Waals surface area contributed by atoms with E-state index in [1.165, 1.54) is 10.8 Å². The van der Waals surface area contributed by atoms with Crippen LogP contribution in [0.1, 0.15) is 12.8 Å². The number of benzene rings is 1. The van der Waals surface area contributed by atoms with Crippen LogP contribution in [0.2, 0.25) is 0 Å². The molecular weight excluding hydrogens is 244 g/mol. The molecular formula is C14H14N2OS. The molecule has 3 nitrogen and oxygen atoms in total. The standard InChI is InChI=1S/C14H14N2OS/c17-13-6-5-11(16-13)9-18-14-12-4-2-1-3-10(12)7-8-15-14/h1-4,7-8,11H,5-6,9H2,(H,16,17). The summed E-state index contributed by atoms with van der Waals surface area (Å²) in [6, 6.07) is 10.6.